The summed E-state index contributed by atoms with van der Waals surface area (Å²) in [5.74, 6) is 0.369. The molecule has 1 saturated heterocycles. The SMILES string of the molecule is O=C(NCc1nc(C(=O)NCC2=N[C@@H](C(=O)N3CCCC3)CS2)cs1)OCC1c2ccccc2-c2ccccc21. The lowest BCUT2D eigenvalue weighted by molar-refractivity contribution is -0.130. The molecule has 3 aromatic rings. The molecular weight excluding hydrogens is 546 g/mol. The van der Waals surface area contributed by atoms with Gasteiger partial charge in [0, 0.05) is 30.1 Å². The van der Waals surface area contributed by atoms with Gasteiger partial charge in [-0.2, -0.15) is 0 Å². The van der Waals surface area contributed by atoms with Crippen molar-refractivity contribution in [2.75, 3.05) is 32.0 Å². The second-order valence-corrected chi connectivity index (χ2v) is 11.9. The van der Waals surface area contributed by atoms with Crippen LogP contribution >= 0.6 is 23.1 Å². The number of rotatable bonds is 8. The van der Waals surface area contributed by atoms with Gasteiger partial charge in [-0.15, -0.1) is 23.1 Å². The first kappa shape index (κ1) is 26.5. The van der Waals surface area contributed by atoms with Crippen molar-refractivity contribution >= 4 is 46.0 Å². The van der Waals surface area contributed by atoms with Crippen LogP contribution in [0.3, 0.4) is 0 Å². The smallest absolute Gasteiger partial charge is 0.407 e. The van der Waals surface area contributed by atoms with Gasteiger partial charge in [0.15, 0.2) is 0 Å². The van der Waals surface area contributed by atoms with E-state index in [9.17, 15) is 14.4 Å². The van der Waals surface area contributed by atoms with E-state index in [1.165, 1.54) is 34.2 Å². The Morgan fingerprint density at radius 1 is 0.950 bits per heavy atom. The van der Waals surface area contributed by atoms with Crippen LogP contribution in [0.25, 0.3) is 11.1 Å². The van der Waals surface area contributed by atoms with Crippen LogP contribution < -0.4 is 10.6 Å². The van der Waals surface area contributed by atoms with E-state index in [1.807, 2.05) is 29.2 Å². The summed E-state index contributed by atoms with van der Waals surface area (Å²) in [7, 11) is 0. The fourth-order valence-electron chi connectivity index (χ4n) is 5.33. The topological polar surface area (TPSA) is 113 Å². The van der Waals surface area contributed by atoms with Gasteiger partial charge in [0.25, 0.3) is 5.91 Å². The second-order valence-electron chi connectivity index (χ2n) is 9.87. The Morgan fingerprint density at radius 2 is 1.65 bits per heavy atom. The summed E-state index contributed by atoms with van der Waals surface area (Å²) >= 11 is 2.80. The summed E-state index contributed by atoms with van der Waals surface area (Å²) in [6.45, 7) is 2.28. The standard InChI is InChI=1S/C29H29N5O4S2/c35-27(30-13-25-33-24(17-40-25)28(36)34-11-5-6-12-34)23-16-39-26(32-23)14-31-29(37)38-15-22-20-9-3-1-7-18(20)19-8-2-4-10-21(19)22/h1-4,7-10,16,22,24H,5-6,11-15,17H2,(H,30,35)(H,31,37)/t24-/m1/s1. The van der Waals surface area contributed by atoms with Gasteiger partial charge >= 0.3 is 6.09 Å². The summed E-state index contributed by atoms with van der Waals surface area (Å²) < 4.78 is 5.57. The number of aromatic nitrogens is 1. The van der Waals surface area contributed by atoms with Crippen LogP contribution in [-0.4, -0.2) is 70.9 Å². The summed E-state index contributed by atoms with van der Waals surface area (Å²) in [5.41, 5.74) is 4.94. The Bertz CT molecular complexity index is 1420. The monoisotopic (exact) mass is 575 g/mol. The number of hydrogen-bond donors (Lipinski definition) is 2. The highest BCUT2D eigenvalue weighted by molar-refractivity contribution is 8.14. The molecule has 0 unspecified atom stereocenters. The van der Waals surface area contributed by atoms with Crippen LogP contribution in [0.15, 0.2) is 58.9 Å². The van der Waals surface area contributed by atoms with E-state index in [-0.39, 0.29) is 49.2 Å². The fourth-order valence-corrected chi connectivity index (χ4v) is 6.99. The van der Waals surface area contributed by atoms with Gasteiger partial charge in [0.05, 0.1) is 18.1 Å². The predicted molar refractivity (Wildman–Crippen MR) is 156 cm³/mol. The third-order valence-corrected chi connectivity index (χ3v) is 9.24. The van der Waals surface area contributed by atoms with Crippen LogP contribution in [0.2, 0.25) is 0 Å². The van der Waals surface area contributed by atoms with Crippen molar-refractivity contribution in [3.63, 3.8) is 0 Å². The number of likely N-dealkylation sites (tertiary alicyclic amines) is 1. The number of nitrogens with zero attached hydrogens (tertiary/aromatic N) is 3. The molecule has 6 rings (SSSR count). The molecule has 2 aliphatic heterocycles. The molecule has 206 valence electrons. The normalized spacial score (nSPS) is 17.8. The number of thioether (sulfide) groups is 1. The maximum absolute atomic E-state index is 12.6. The van der Waals surface area contributed by atoms with Crippen molar-refractivity contribution < 1.29 is 19.1 Å². The van der Waals surface area contributed by atoms with Gasteiger partial charge < -0.3 is 20.3 Å². The third kappa shape index (κ3) is 5.62. The molecule has 1 fully saturated rings. The van der Waals surface area contributed by atoms with Gasteiger partial charge in [-0.3, -0.25) is 14.6 Å². The van der Waals surface area contributed by atoms with Crippen molar-refractivity contribution in [2.24, 2.45) is 4.99 Å². The van der Waals surface area contributed by atoms with Crippen molar-refractivity contribution in [1.29, 1.82) is 0 Å². The first-order valence-electron chi connectivity index (χ1n) is 13.4. The number of fused-ring (bicyclic) bond motifs is 3. The van der Waals surface area contributed by atoms with E-state index in [0.717, 1.165) is 42.1 Å². The van der Waals surface area contributed by atoms with Crippen LogP contribution in [0.5, 0.6) is 0 Å². The van der Waals surface area contributed by atoms with Crippen molar-refractivity contribution in [1.82, 2.24) is 20.5 Å². The minimum atomic E-state index is -0.530. The first-order chi connectivity index (χ1) is 19.6. The molecule has 0 saturated carbocycles. The molecule has 2 N–H and O–H groups in total. The lowest BCUT2D eigenvalue weighted by Gasteiger charge is -2.17. The molecule has 9 nitrogen and oxygen atoms in total. The largest absolute Gasteiger partial charge is 0.449 e. The molecule has 3 heterocycles. The number of thiazole rings is 1. The average molecular weight is 576 g/mol. The number of ether oxygens (including phenoxy) is 1. The van der Waals surface area contributed by atoms with Crippen LogP contribution in [0.4, 0.5) is 4.79 Å². The molecule has 1 atom stereocenters. The zero-order valence-corrected chi connectivity index (χ0v) is 23.4. The number of carbonyl (C=O) groups excluding carboxylic acids is 3. The van der Waals surface area contributed by atoms with Crippen LogP contribution in [-0.2, 0) is 16.1 Å². The number of alkyl carbamates (subject to hydrolysis) is 1. The molecule has 0 spiro atoms. The first-order valence-corrected chi connectivity index (χ1v) is 15.2. The Kier molecular flexibility index (Phi) is 7.83. The van der Waals surface area contributed by atoms with Crippen molar-refractivity contribution in [3.8, 4) is 11.1 Å². The van der Waals surface area contributed by atoms with Gasteiger partial charge in [-0.05, 0) is 35.1 Å². The van der Waals surface area contributed by atoms with E-state index in [4.69, 9.17) is 4.74 Å². The minimum Gasteiger partial charge on any atom is -0.449 e. The summed E-state index contributed by atoms with van der Waals surface area (Å²) in [5, 5.41) is 8.58. The molecule has 1 aromatic heterocycles. The van der Waals surface area contributed by atoms with Crippen LogP contribution in [0.1, 0.15) is 45.4 Å². The van der Waals surface area contributed by atoms with Crippen LogP contribution in [0, 0.1) is 0 Å². The number of aliphatic imine (C=N–C) groups is 1. The Labute approximate surface area is 240 Å². The molecule has 40 heavy (non-hydrogen) atoms. The number of carbonyl (C=O) groups is 3. The zero-order chi connectivity index (χ0) is 27.5. The maximum atomic E-state index is 12.6. The molecular formula is C29H29N5O4S2. The van der Waals surface area contributed by atoms with E-state index in [2.05, 4.69) is 44.9 Å². The lowest BCUT2D eigenvalue weighted by Crippen LogP contribution is -2.36. The highest BCUT2D eigenvalue weighted by Crippen LogP contribution is 2.44. The second kappa shape index (κ2) is 11.8. The Hall–Kier alpha value is -3.70. The van der Waals surface area contributed by atoms with E-state index < -0.39 is 6.09 Å². The molecule has 1 aliphatic carbocycles. The fraction of sp³-hybridized carbons (Fsp3) is 0.345. The Morgan fingerprint density at radius 3 is 2.38 bits per heavy atom. The number of nitrogens with one attached hydrogen (secondary N) is 2. The molecule has 0 bridgehead atoms. The molecule has 3 aliphatic rings. The third-order valence-electron chi connectivity index (χ3n) is 7.32. The van der Waals surface area contributed by atoms with Gasteiger partial charge in [0.2, 0.25) is 5.91 Å². The lowest BCUT2D eigenvalue weighted by atomic mass is 9.98. The van der Waals surface area contributed by atoms with Gasteiger partial charge in [-0.1, -0.05) is 48.5 Å². The molecule has 11 heteroatoms. The summed E-state index contributed by atoms with van der Waals surface area (Å²) in [6, 6.07) is 16.0. The van der Waals surface area contributed by atoms with Gasteiger partial charge in [-0.25, -0.2) is 9.78 Å². The quantitative estimate of drug-likeness (QED) is 0.419. The summed E-state index contributed by atoms with van der Waals surface area (Å²) in [6.07, 6.45) is 1.57. The van der Waals surface area contributed by atoms with Crippen molar-refractivity contribution in [2.45, 2.75) is 31.3 Å². The highest BCUT2D eigenvalue weighted by atomic mass is 32.2. The average Bonchev–Trinajstić information content (AvgIpc) is 3.80. The van der Waals surface area contributed by atoms with E-state index >= 15 is 0 Å². The minimum absolute atomic E-state index is 0.00966. The Balaban J connectivity index is 0.961. The van der Waals surface area contributed by atoms with Gasteiger partial charge in [0.1, 0.15) is 23.4 Å². The van der Waals surface area contributed by atoms with E-state index in [0.29, 0.717) is 10.8 Å². The maximum Gasteiger partial charge on any atom is 0.407 e. The highest BCUT2D eigenvalue weighted by Gasteiger charge is 2.31. The number of amides is 3. The zero-order valence-electron chi connectivity index (χ0n) is 21.8. The molecule has 3 amide bonds. The molecule has 2 aromatic carbocycles. The van der Waals surface area contributed by atoms with E-state index in [1.54, 1.807) is 5.38 Å². The van der Waals surface area contributed by atoms with Crippen molar-refractivity contribution in [3.05, 3.63) is 75.7 Å². The number of hydrogen-bond acceptors (Lipinski definition) is 8. The number of benzene rings is 2. The predicted octanol–water partition coefficient (Wildman–Crippen LogP) is 4.05. The summed E-state index contributed by atoms with van der Waals surface area (Å²) in [4.78, 5) is 48.4. The molecule has 0 radical (unpaired) electrons.